The summed E-state index contributed by atoms with van der Waals surface area (Å²) in [5, 5.41) is 0. The van der Waals surface area contributed by atoms with Crippen LogP contribution in [0.4, 0.5) is 0 Å². The van der Waals surface area contributed by atoms with Crippen molar-refractivity contribution in [3.63, 3.8) is 0 Å². The number of fused-ring (bicyclic) bond motifs is 1. The molecule has 1 saturated carbocycles. The number of hydrogen-bond acceptors (Lipinski definition) is 5. The number of hydrogen-bond donors (Lipinski definition) is 0. The highest BCUT2D eigenvalue weighted by atomic mass is 16.7. The molecule has 3 atom stereocenters. The zero-order chi connectivity index (χ0) is 24.0. The number of likely N-dealkylation sites (N-methyl/N-ethyl adjacent to an activating group) is 1. The molecule has 190 valence electrons. The Labute approximate surface area is 206 Å². The summed E-state index contributed by atoms with van der Waals surface area (Å²) < 4.78 is 12.2. The summed E-state index contributed by atoms with van der Waals surface area (Å²) in [5.74, 6) is 0.940. The minimum absolute atomic E-state index is 0.316. The highest BCUT2D eigenvalue weighted by Crippen LogP contribution is 2.45. The Morgan fingerprint density at radius 1 is 1.12 bits per heavy atom. The average molecular weight is 472 g/mol. The fraction of sp³-hybridized carbons (Fsp3) is 0.750. The molecular weight excluding hydrogens is 426 g/mol. The van der Waals surface area contributed by atoms with Gasteiger partial charge in [0, 0.05) is 51.5 Å². The van der Waals surface area contributed by atoms with Crippen LogP contribution in [0, 0.1) is 11.8 Å². The highest BCUT2D eigenvalue weighted by Gasteiger charge is 2.49. The minimum Gasteiger partial charge on any atom is -0.348 e. The lowest BCUT2D eigenvalue weighted by Gasteiger charge is -2.51. The van der Waals surface area contributed by atoms with Gasteiger partial charge in [-0.2, -0.15) is 0 Å². The van der Waals surface area contributed by atoms with Gasteiger partial charge < -0.3 is 19.3 Å². The van der Waals surface area contributed by atoms with Crippen LogP contribution in [-0.2, 0) is 20.7 Å². The molecule has 2 aliphatic heterocycles. The number of ether oxygens (including phenoxy) is 2. The third-order valence-corrected chi connectivity index (χ3v) is 8.01. The Morgan fingerprint density at radius 3 is 2.59 bits per heavy atom. The molecule has 3 fully saturated rings. The van der Waals surface area contributed by atoms with Gasteiger partial charge in [-0.05, 0) is 63.7 Å². The number of rotatable bonds is 10. The van der Waals surface area contributed by atoms with Gasteiger partial charge in [0.2, 0.25) is 5.91 Å². The Hall–Kier alpha value is -1.47. The molecule has 6 nitrogen and oxygen atoms in total. The van der Waals surface area contributed by atoms with Crippen molar-refractivity contribution in [3.8, 4) is 0 Å². The van der Waals surface area contributed by atoms with E-state index in [0.29, 0.717) is 30.2 Å². The van der Waals surface area contributed by atoms with E-state index in [1.54, 1.807) is 0 Å². The molecule has 0 N–H and O–H groups in total. The van der Waals surface area contributed by atoms with Gasteiger partial charge >= 0.3 is 0 Å². The molecule has 1 amide bonds. The van der Waals surface area contributed by atoms with Gasteiger partial charge in [-0.1, -0.05) is 37.3 Å². The molecule has 3 aliphatic rings. The Bertz CT molecular complexity index is 765. The van der Waals surface area contributed by atoms with Gasteiger partial charge in [-0.3, -0.25) is 9.69 Å². The standard InChI is InChI=1S/C28H45N3O3/c1-4-13-31-22-24(19-25-21-28(12-10-26(25)31)33-17-18-34-28)20-27(32)30(16-15-29(2)3)14-11-23-8-6-5-7-9-23/h5-9,24-26H,4,10-22H2,1-3H3/t24-,25-,26-/m1/s1. The van der Waals surface area contributed by atoms with Gasteiger partial charge in [0.25, 0.3) is 0 Å². The maximum atomic E-state index is 13.6. The second kappa shape index (κ2) is 12.0. The van der Waals surface area contributed by atoms with Crippen molar-refractivity contribution >= 4 is 5.91 Å². The van der Waals surface area contributed by atoms with E-state index in [4.69, 9.17) is 9.47 Å². The number of carbonyl (C=O) groups is 1. The predicted octanol–water partition coefficient (Wildman–Crippen LogP) is 3.65. The van der Waals surface area contributed by atoms with Crippen LogP contribution >= 0.6 is 0 Å². The van der Waals surface area contributed by atoms with Crippen molar-refractivity contribution in [2.24, 2.45) is 11.8 Å². The fourth-order valence-electron chi connectivity index (χ4n) is 6.35. The summed E-state index contributed by atoms with van der Waals surface area (Å²) in [7, 11) is 4.16. The van der Waals surface area contributed by atoms with Crippen molar-refractivity contribution < 1.29 is 14.3 Å². The maximum absolute atomic E-state index is 13.6. The largest absolute Gasteiger partial charge is 0.348 e. The lowest BCUT2D eigenvalue weighted by molar-refractivity contribution is -0.203. The number of likely N-dealkylation sites (tertiary alicyclic amines) is 1. The summed E-state index contributed by atoms with van der Waals surface area (Å²) in [6, 6.07) is 11.1. The van der Waals surface area contributed by atoms with E-state index in [0.717, 1.165) is 84.5 Å². The number of nitrogens with zero attached hydrogens (tertiary/aromatic N) is 3. The van der Waals surface area contributed by atoms with Crippen LogP contribution in [0.2, 0.25) is 0 Å². The van der Waals surface area contributed by atoms with Crippen molar-refractivity contribution in [1.82, 2.24) is 14.7 Å². The molecule has 1 aromatic rings. The first-order valence-electron chi connectivity index (χ1n) is 13.5. The molecule has 0 bridgehead atoms. The van der Waals surface area contributed by atoms with E-state index >= 15 is 0 Å². The summed E-state index contributed by atoms with van der Waals surface area (Å²) in [5.41, 5.74) is 1.30. The van der Waals surface area contributed by atoms with E-state index in [2.05, 4.69) is 60.0 Å². The third kappa shape index (κ3) is 6.60. The van der Waals surface area contributed by atoms with E-state index in [9.17, 15) is 4.79 Å². The number of carbonyl (C=O) groups excluding carboxylic acids is 1. The van der Waals surface area contributed by atoms with E-state index in [1.165, 1.54) is 5.56 Å². The zero-order valence-corrected chi connectivity index (χ0v) is 21.6. The minimum atomic E-state index is -0.349. The molecule has 0 radical (unpaired) electrons. The van der Waals surface area contributed by atoms with E-state index in [-0.39, 0.29) is 5.79 Å². The molecule has 6 heteroatoms. The van der Waals surface area contributed by atoms with Crippen LogP contribution in [0.3, 0.4) is 0 Å². The first-order valence-corrected chi connectivity index (χ1v) is 13.5. The quantitative estimate of drug-likeness (QED) is 0.521. The van der Waals surface area contributed by atoms with E-state index in [1.807, 2.05) is 6.07 Å². The molecule has 1 aliphatic carbocycles. The summed E-state index contributed by atoms with van der Waals surface area (Å²) in [4.78, 5) is 20.5. The fourth-order valence-corrected chi connectivity index (χ4v) is 6.35. The monoisotopic (exact) mass is 471 g/mol. The molecule has 2 heterocycles. The lowest BCUT2D eigenvalue weighted by atomic mass is 9.72. The van der Waals surface area contributed by atoms with Crippen LogP contribution in [0.15, 0.2) is 30.3 Å². The normalized spacial score (nSPS) is 26.6. The molecule has 0 aromatic heterocycles. The maximum Gasteiger partial charge on any atom is 0.222 e. The number of piperidine rings is 1. The average Bonchev–Trinajstić information content (AvgIpc) is 3.27. The Balaban J connectivity index is 1.39. The molecule has 34 heavy (non-hydrogen) atoms. The summed E-state index contributed by atoms with van der Waals surface area (Å²) in [6.45, 7) is 8.37. The van der Waals surface area contributed by atoms with Crippen molar-refractivity contribution in [2.45, 2.75) is 63.7 Å². The molecule has 2 saturated heterocycles. The van der Waals surface area contributed by atoms with Crippen molar-refractivity contribution in [2.75, 3.05) is 60.0 Å². The molecular formula is C28H45N3O3. The van der Waals surface area contributed by atoms with Gasteiger partial charge in [-0.15, -0.1) is 0 Å². The molecule has 1 aromatic carbocycles. The second-order valence-corrected chi connectivity index (χ2v) is 10.9. The predicted molar refractivity (Wildman–Crippen MR) is 136 cm³/mol. The second-order valence-electron chi connectivity index (χ2n) is 10.9. The zero-order valence-electron chi connectivity index (χ0n) is 21.6. The summed E-state index contributed by atoms with van der Waals surface area (Å²) in [6.07, 6.45) is 6.99. The van der Waals surface area contributed by atoms with Crippen molar-refractivity contribution in [1.29, 1.82) is 0 Å². The Morgan fingerprint density at radius 2 is 1.88 bits per heavy atom. The highest BCUT2D eigenvalue weighted by molar-refractivity contribution is 5.76. The van der Waals surface area contributed by atoms with Gasteiger partial charge in [0.15, 0.2) is 5.79 Å². The third-order valence-electron chi connectivity index (χ3n) is 8.01. The first kappa shape index (κ1) is 25.6. The number of amides is 1. The SMILES string of the molecule is CCCN1C[C@@H](CC(=O)N(CCc2ccccc2)CCN(C)C)C[C@@H]2CC3(CC[C@H]21)OCCO3. The van der Waals surface area contributed by atoms with Crippen LogP contribution < -0.4 is 0 Å². The lowest BCUT2D eigenvalue weighted by Crippen LogP contribution is -2.55. The van der Waals surface area contributed by atoms with Gasteiger partial charge in [0.05, 0.1) is 13.2 Å². The van der Waals surface area contributed by atoms with Gasteiger partial charge in [-0.25, -0.2) is 0 Å². The first-order chi connectivity index (χ1) is 16.5. The topological polar surface area (TPSA) is 45.3 Å². The van der Waals surface area contributed by atoms with Crippen molar-refractivity contribution in [3.05, 3.63) is 35.9 Å². The van der Waals surface area contributed by atoms with Crippen LogP contribution in [0.25, 0.3) is 0 Å². The smallest absolute Gasteiger partial charge is 0.222 e. The Kier molecular flexibility index (Phi) is 9.03. The van der Waals surface area contributed by atoms with Gasteiger partial charge in [0.1, 0.15) is 0 Å². The number of benzene rings is 1. The van der Waals surface area contributed by atoms with Crippen LogP contribution in [-0.4, -0.2) is 92.5 Å². The molecule has 1 spiro atoms. The van der Waals surface area contributed by atoms with Crippen LogP contribution in [0.5, 0.6) is 0 Å². The van der Waals surface area contributed by atoms with Crippen LogP contribution in [0.1, 0.15) is 51.0 Å². The molecule has 4 rings (SSSR count). The molecule has 0 unspecified atom stereocenters. The summed E-state index contributed by atoms with van der Waals surface area (Å²) >= 11 is 0. The van der Waals surface area contributed by atoms with E-state index < -0.39 is 0 Å².